The van der Waals surface area contributed by atoms with Crippen LogP contribution in [0.1, 0.15) is 32.8 Å². The van der Waals surface area contributed by atoms with Crippen molar-refractivity contribution in [3.63, 3.8) is 0 Å². The Labute approximate surface area is 180 Å². The van der Waals surface area contributed by atoms with Crippen LogP contribution in [0.3, 0.4) is 0 Å². The molecule has 0 fully saturated rings. The average Bonchev–Trinajstić information content (AvgIpc) is 2.70. The Hall–Kier alpha value is -3.27. The fourth-order valence-corrected chi connectivity index (χ4v) is 2.75. The van der Waals surface area contributed by atoms with Crippen LogP contribution in [0.25, 0.3) is 0 Å². The first kappa shape index (κ1) is 25.8. The molecule has 3 amide bonds. The van der Waals surface area contributed by atoms with Crippen molar-refractivity contribution >= 4 is 30.0 Å². The zero-order valence-electron chi connectivity index (χ0n) is 17.8. The molecular formula is C21H30N4O6. The molecule has 170 valence electrons. The van der Waals surface area contributed by atoms with Crippen molar-refractivity contribution in [2.45, 2.75) is 57.8 Å². The molecule has 0 aliphatic rings. The number of hydrogen-bond donors (Lipinski definition) is 5. The zero-order chi connectivity index (χ0) is 23.6. The number of carboxylic acid groups (broad SMARTS) is 1. The van der Waals surface area contributed by atoms with Crippen molar-refractivity contribution in [2.24, 2.45) is 11.7 Å². The number of aliphatic carboxylic acids is 1. The Morgan fingerprint density at radius 3 is 2.10 bits per heavy atom. The van der Waals surface area contributed by atoms with E-state index >= 15 is 0 Å². The smallest absolute Gasteiger partial charge is 0.305 e. The van der Waals surface area contributed by atoms with E-state index in [0.717, 1.165) is 5.56 Å². The van der Waals surface area contributed by atoms with Crippen LogP contribution < -0.4 is 21.7 Å². The van der Waals surface area contributed by atoms with Gasteiger partial charge in [-0.2, -0.15) is 0 Å². The zero-order valence-corrected chi connectivity index (χ0v) is 17.8. The minimum Gasteiger partial charge on any atom is -0.481 e. The molecule has 6 N–H and O–H groups in total. The lowest BCUT2D eigenvalue weighted by molar-refractivity contribution is -0.139. The van der Waals surface area contributed by atoms with Gasteiger partial charge in [0.2, 0.25) is 17.7 Å². The predicted octanol–water partition coefficient (Wildman–Crippen LogP) is -0.640. The fourth-order valence-electron chi connectivity index (χ4n) is 2.75. The quantitative estimate of drug-likeness (QED) is 0.273. The van der Waals surface area contributed by atoms with Crippen LogP contribution in [0.4, 0.5) is 0 Å². The van der Waals surface area contributed by atoms with Crippen LogP contribution in [0.15, 0.2) is 30.3 Å². The number of carbonyl (C=O) groups is 5. The number of aldehydes is 1. The summed E-state index contributed by atoms with van der Waals surface area (Å²) in [4.78, 5) is 59.1. The lowest BCUT2D eigenvalue weighted by atomic mass is 10.0. The van der Waals surface area contributed by atoms with Gasteiger partial charge in [0.15, 0.2) is 0 Å². The van der Waals surface area contributed by atoms with Crippen LogP contribution in [0.5, 0.6) is 0 Å². The molecule has 10 heteroatoms. The molecular weight excluding hydrogens is 404 g/mol. The topological polar surface area (TPSA) is 168 Å². The van der Waals surface area contributed by atoms with Crippen molar-refractivity contribution in [2.75, 3.05) is 0 Å². The fraction of sp³-hybridized carbons (Fsp3) is 0.476. The van der Waals surface area contributed by atoms with E-state index in [1.165, 1.54) is 6.92 Å². The van der Waals surface area contributed by atoms with Crippen LogP contribution in [0.2, 0.25) is 0 Å². The first-order valence-corrected chi connectivity index (χ1v) is 9.92. The number of hydrogen-bond acceptors (Lipinski definition) is 6. The Kier molecular flexibility index (Phi) is 10.3. The molecule has 0 aliphatic heterocycles. The van der Waals surface area contributed by atoms with E-state index in [1.807, 2.05) is 30.3 Å². The monoisotopic (exact) mass is 434 g/mol. The molecule has 1 rings (SSSR count). The number of nitrogens with two attached hydrogens (primary N) is 1. The number of carboxylic acids is 1. The maximum atomic E-state index is 12.7. The van der Waals surface area contributed by atoms with E-state index < -0.39 is 54.3 Å². The van der Waals surface area contributed by atoms with E-state index in [4.69, 9.17) is 10.8 Å². The SMILES string of the molecule is CC(C)[C@H](NC(=O)[C@H](C)NC(=O)[C@@H](N)CC(=O)O)C(=O)N[C@H](C=O)Cc1ccccc1. The Morgan fingerprint density at radius 2 is 1.58 bits per heavy atom. The number of rotatable bonds is 12. The molecule has 10 nitrogen and oxygen atoms in total. The third-order valence-electron chi connectivity index (χ3n) is 4.52. The predicted molar refractivity (Wildman–Crippen MR) is 113 cm³/mol. The molecule has 0 aliphatic carbocycles. The van der Waals surface area contributed by atoms with E-state index in [0.29, 0.717) is 12.7 Å². The normalized spacial score (nSPS) is 14.6. The van der Waals surface area contributed by atoms with Crippen molar-refractivity contribution in [1.29, 1.82) is 0 Å². The van der Waals surface area contributed by atoms with Gasteiger partial charge in [0, 0.05) is 0 Å². The highest BCUT2D eigenvalue weighted by molar-refractivity contribution is 5.94. The van der Waals surface area contributed by atoms with Crippen molar-refractivity contribution in [3.8, 4) is 0 Å². The van der Waals surface area contributed by atoms with Gasteiger partial charge >= 0.3 is 5.97 Å². The summed E-state index contributed by atoms with van der Waals surface area (Å²) in [6, 6.07) is 5.11. The standard InChI is InChI=1S/C21H30N4O6/c1-12(2)18(21(31)24-15(11-26)9-14-7-5-4-6-8-14)25-19(29)13(3)23-20(30)16(22)10-17(27)28/h4-8,11-13,15-16,18H,9-10,22H2,1-3H3,(H,23,30)(H,24,31)(H,25,29)(H,27,28)/t13-,15-,16-,18-/m0/s1. The largest absolute Gasteiger partial charge is 0.481 e. The van der Waals surface area contributed by atoms with Gasteiger partial charge in [-0.1, -0.05) is 44.2 Å². The molecule has 1 aromatic rings. The summed E-state index contributed by atoms with van der Waals surface area (Å²) in [5.41, 5.74) is 6.35. The van der Waals surface area contributed by atoms with Crippen LogP contribution in [-0.4, -0.2) is 59.3 Å². The number of amides is 3. The number of benzene rings is 1. The summed E-state index contributed by atoms with van der Waals surface area (Å²) in [7, 11) is 0. The summed E-state index contributed by atoms with van der Waals surface area (Å²) in [5, 5.41) is 16.2. The molecule has 0 heterocycles. The molecule has 1 aromatic carbocycles. The summed E-state index contributed by atoms with van der Waals surface area (Å²) < 4.78 is 0. The molecule has 0 radical (unpaired) electrons. The van der Waals surface area contributed by atoms with E-state index in [-0.39, 0.29) is 5.92 Å². The van der Waals surface area contributed by atoms with Crippen LogP contribution in [0, 0.1) is 5.92 Å². The molecule has 31 heavy (non-hydrogen) atoms. The second-order valence-electron chi connectivity index (χ2n) is 7.61. The molecule has 0 unspecified atom stereocenters. The molecule has 0 saturated carbocycles. The van der Waals surface area contributed by atoms with Gasteiger partial charge in [0.05, 0.1) is 18.5 Å². The molecule has 0 bridgehead atoms. The number of nitrogens with one attached hydrogen (secondary N) is 3. The van der Waals surface area contributed by atoms with Gasteiger partial charge in [-0.25, -0.2) is 0 Å². The van der Waals surface area contributed by atoms with Crippen LogP contribution >= 0.6 is 0 Å². The maximum absolute atomic E-state index is 12.7. The maximum Gasteiger partial charge on any atom is 0.305 e. The molecule has 0 saturated heterocycles. The minimum absolute atomic E-state index is 0.301. The Bertz CT molecular complexity index is 783. The average molecular weight is 434 g/mol. The Balaban J connectivity index is 2.71. The summed E-state index contributed by atoms with van der Waals surface area (Å²) in [6.07, 6.45) is 0.366. The highest BCUT2D eigenvalue weighted by Crippen LogP contribution is 2.06. The van der Waals surface area contributed by atoms with E-state index in [9.17, 15) is 24.0 Å². The molecule has 4 atom stereocenters. The lowest BCUT2D eigenvalue weighted by Gasteiger charge is -2.25. The van der Waals surface area contributed by atoms with Gasteiger partial charge in [-0.3, -0.25) is 19.2 Å². The van der Waals surface area contributed by atoms with Gasteiger partial charge in [0.1, 0.15) is 18.4 Å². The molecule has 0 aromatic heterocycles. The second-order valence-corrected chi connectivity index (χ2v) is 7.61. The van der Waals surface area contributed by atoms with Gasteiger partial charge in [0.25, 0.3) is 0 Å². The van der Waals surface area contributed by atoms with Crippen molar-refractivity contribution < 1.29 is 29.1 Å². The van der Waals surface area contributed by atoms with Crippen molar-refractivity contribution in [3.05, 3.63) is 35.9 Å². The Morgan fingerprint density at radius 1 is 0.968 bits per heavy atom. The molecule has 0 spiro atoms. The van der Waals surface area contributed by atoms with E-state index in [2.05, 4.69) is 16.0 Å². The second kappa shape index (κ2) is 12.4. The minimum atomic E-state index is -1.30. The summed E-state index contributed by atoms with van der Waals surface area (Å²) in [6.45, 7) is 4.84. The van der Waals surface area contributed by atoms with Gasteiger partial charge in [-0.05, 0) is 24.8 Å². The summed E-state index contributed by atoms with van der Waals surface area (Å²) in [5.74, 6) is -3.51. The first-order valence-electron chi connectivity index (χ1n) is 9.92. The summed E-state index contributed by atoms with van der Waals surface area (Å²) >= 11 is 0. The third-order valence-corrected chi connectivity index (χ3v) is 4.52. The highest BCUT2D eigenvalue weighted by atomic mass is 16.4. The van der Waals surface area contributed by atoms with Gasteiger partial charge < -0.3 is 31.6 Å². The third kappa shape index (κ3) is 8.95. The first-order chi connectivity index (χ1) is 14.5. The van der Waals surface area contributed by atoms with Crippen LogP contribution in [-0.2, 0) is 30.4 Å². The van der Waals surface area contributed by atoms with Gasteiger partial charge in [-0.15, -0.1) is 0 Å². The highest BCUT2D eigenvalue weighted by Gasteiger charge is 2.29. The number of carbonyl (C=O) groups excluding carboxylic acids is 4. The van der Waals surface area contributed by atoms with Crippen molar-refractivity contribution in [1.82, 2.24) is 16.0 Å². The van der Waals surface area contributed by atoms with E-state index in [1.54, 1.807) is 13.8 Å². The lowest BCUT2D eigenvalue weighted by Crippen LogP contribution is -2.57.